The molecule has 0 spiro atoms. The summed E-state index contributed by atoms with van der Waals surface area (Å²) in [5, 5.41) is 7.06. The van der Waals surface area contributed by atoms with E-state index in [0.717, 1.165) is 16.9 Å². The Hall–Kier alpha value is -2.37. The van der Waals surface area contributed by atoms with E-state index >= 15 is 0 Å². The molecule has 1 aromatic carbocycles. The van der Waals surface area contributed by atoms with Gasteiger partial charge in [0.2, 0.25) is 0 Å². The van der Waals surface area contributed by atoms with Gasteiger partial charge in [0, 0.05) is 7.05 Å². The molecule has 0 amide bonds. The molecule has 0 aliphatic carbocycles. The molecule has 2 aromatic heterocycles. The van der Waals surface area contributed by atoms with E-state index in [1.807, 2.05) is 31.3 Å². The maximum Gasteiger partial charge on any atom is 0.296 e. The molecule has 2 heterocycles. The van der Waals surface area contributed by atoms with Gasteiger partial charge in [-0.2, -0.15) is 10.1 Å². The second kappa shape index (κ2) is 3.89. The highest BCUT2D eigenvalue weighted by molar-refractivity contribution is 5.74. The van der Waals surface area contributed by atoms with Gasteiger partial charge in [-0.15, -0.1) is 0 Å². The van der Waals surface area contributed by atoms with Crippen LogP contribution in [0.1, 0.15) is 5.82 Å². The fourth-order valence-corrected chi connectivity index (χ4v) is 1.58. The molecule has 6 heteroatoms. The molecule has 0 unspecified atom stereocenters. The zero-order valence-electron chi connectivity index (χ0n) is 9.29. The van der Waals surface area contributed by atoms with Gasteiger partial charge in [0.25, 0.3) is 6.01 Å². The normalized spacial score (nSPS) is 10.9. The Morgan fingerprint density at radius 2 is 2.24 bits per heavy atom. The average Bonchev–Trinajstić information content (AvgIpc) is 2.92. The SMILES string of the molecule is Cn1ncnc1CNc1nc2ccccc2o1. The van der Waals surface area contributed by atoms with Crippen molar-refractivity contribution < 1.29 is 4.42 Å². The number of hydrogen-bond acceptors (Lipinski definition) is 5. The Morgan fingerprint density at radius 3 is 3.00 bits per heavy atom. The minimum absolute atomic E-state index is 0.495. The molecular weight excluding hydrogens is 218 g/mol. The van der Waals surface area contributed by atoms with Gasteiger partial charge >= 0.3 is 0 Å². The minimum Gasteiger partial charge on any atom is -0.424 e. The van der Waals surface area contributed by atoms with Crippen LogP contribution in [0.25, 0.3) is 11.1 Å². The van der Waals surface area contributed by atoms with E-state index in [1.54, 1.807) is 4.68 Å². The first-order chi connectivity index (χ1) is 8.33. The van der Waals surface area contributed by atoms with E-state index in [9.17, 15) is 0 Å². The summed E-state index contributed by atoms with van der Waals surface area (Å²) in [6, 6.07) is 8.13. The van der Waals surface area contributed by atoms with Gasteiger partial charge in [0.15, 0.2) is 5.58 Å². The Morgan fingerprint density at radius 1 is 1.35 bits per heavy atom. The highest BCUT2D eigenvalue weighted by Gasteiger charge is 2.05. The van der Waals surface area contributed by atoms with Crippen molar-refractivity contribution in [2.24, 2.45) is 7.05 Å². The number of hydrogen-bond donors (Lipinski definition) is 1. The summed E-state index contributed by atoms with van der Waals surface area (Å²) in [6.07, 6.45) is 1.52. The summed E-state index contributed by atoms with van der Waals surface area (Å²) in [5.41, 5.74) is 1.61. The highest BCUT2D eigenvalue weighted by Crippen LogP contribution is 2.18. The van der Waals surface area contributed by atoms with Crippen LogP contribution in [-0.2, 0) is 13.6 Å². The lowest BCUT2D eigenvalue weighted by Gasteiger charge is -1.99. The molecule has 0 atom stereocenters. The largest absolute Gasteiger partial charge is 0.424 e. The molecule has 0 bridgehead atoms. The van der Waals surface area contributed by atoms with Crippen LogP contribution in [0.15, 0.2) is 35.0 Å². The maximum atomic E-state index is 5.53. The first kappa shape index (κ1) is 9.83. The number of oxazole rings is 1. The van der Waals surface area contributed by atoms with Gasteiger partial charge in [-0.25, -0.2) is 4.98 Å². The molecule has 0 fully saturated rings. The zero-order chi connectivity index (χ0) is 11.7. The second-order valence-corrected chi connectivity index (χ2v) is 3.64. The second-order valence-electron chi connectivity index (χ2n) is 3.64. The topological polar surface area (TPSA) is 68.8 Å². The van der Waals surface area contributed by atoms with Crippen molar-refractivity contribution in [3.63, 3.8) is 0 Å². The summed E-state index contributed by atoms with van der Waals surface area (Å²) in [6.45, 7) is 0.531. The third kappa shape index (κ3) is 1.84. The van der Waals surface area contributed by atoms with E-state index < -0.39 is 0 Å². The number of para-hydroxylation sites is 2. The van der Waals surface area contributed by atoms with Crippen molar-refractivity contribution in [3.05, 3.63) is 36.4 Å². The monoisotopic (exact) mass is 229 g/mol. The highest BCUT2D eigenvalue weighted by atomic mass is 16.4. The number of benzene rings is 1. The van der Waals surface area contributed by atoms with Crippen LogP contribution in [0.5, 0.6) is 0 Å². The van der Waals surface area contributed by atoms with Gasteiger partial charge in [0.1, 0.15) is 17.7 Å². The van der Waals surface area contributed by atoms with Crippen molar-refractivity contribution in [1.82, 2.24) is 19.7 Å². The van der Waals surface area contributed by atoms with E-state index in [0.29, 0.717) is 12.6 Å². The van der Waals surface area contributed by atoms with Crippen molar-refractivity contribution in [3.8, 4) is 0 Å². The fraction of sp³-hybridized carbons (Fsp3) is 0.182. The van der Waals surface area contributed by atoms with E-state index in [4.69, 9.17) is 4.42 Å². The lowest BCUT2D eigenvalue weighted by atomic mass is 10.3. The van der Waals surface area contributed by atoms with E-state index in [-0.39, 0.29) is 0 Å². The summed E-state index contributed by atoms with van der Waals surface area (Å²) in [5.74, 6) is 0.826. The van der Waals surface area contributed by atoms with Crippen LogP contribution in [-0.4, -0.2) is 19.7 Å². The molecule has 0 saturated heterocycles. The molecule has 6 nitrogen and oxygen atoms in total. The van der Waals surface area contributed by atoms with Crippen LogP contribution < -0.4 is 5.32 Å². The molecule has 17 heavy (non-hydrogen) atoms. The summed E-state index contributed by atoms with van der Waals surface area (Å²) in [4.78, 5) is 8.41. The third-order valence-corrected chi connectivity index (χ3v) is 2.50. The van der Waals surface area contributed by atoms with Gasteiger partial charge in [0.05, 0.1) is 6.54 Å². The number of anilines is 1. The summed E-state index contributed by atoms with van der Waals surface area (Å²) < 4.78 is 7.23. The maximum absolute atomic E-state index is 5.53. The molecule has 0 aliphatic rings. The van der Waals surface area contributed by atoms with Crippen LogP contribution in [0.4, 0.5) is 6.01 Å². The molecule has 0 radical (unpaired) electrons. The zero-order valence-corrected chi connectivity index (χ0v) is 9.29. The smallest absolute Gasteiger partial charge is 0.296 e. The fourth-order valence-electron chi connectivity index (χ4n) is 1.58. The lowest BCUT2D eigenvalue weighted by Crippen LogP contribution is -2.06. The number of nitrogens with one attached hydrogen (secondary N) is 1. The molecule has 0 saturated carbocycles. The van der Waals surface area contributed by atoms with Crippen molar-refractivity contribution in [2.75, 3.05) is 5.32 Å². The van der Waals surface area contributed by atoms with E-state index in [2.05, 4.69) is 20.4 Å². The molecular formula is C11H11N5O. The minimum atomic E-state index is 0.495. The molecule has 3 aromatic rings. The number of aromatic nitrogens is 4. The predicted octanol–water partition coefficient (Wildman–Crippen LogP) is 1.57. The number of aryl methyl sites for hydroxylation is 1. The van der Waals surface area contributed by atoms with Crippen LogP contribution >= 0.6 is 0 Å². The molecule has 86 valence electrons. The molecule has 3 rings (SSSR count). The van der Waals surface area contributed by atoms with Crippen molar-refractivity contribution >= 4 is 17.1 Å². The number of nitrogens with zero attached hydrogens (tertiary/aromatic N) is 4. The van der Waals surface area contributed by atoms with Crippen LogP contribution in [0, 0.1) is 0 Å². The quantitative estimate of drug-likeness (QED) is 0.738. The van der Waals surface area contributed by atoms with Crippen molar-refractivity contribution in [1.29, 1.82) is 0 Å². The lowest BCUT2D eigenvalue weighted by molar-refractivity contribution is 0.609. The Labute approximate surface area is 97.3 Å². The van der Waals surface area contributed by atoms with Crippen LogP contribution in [0.3, 0.4) is 0 Å². The van der Waals surface area contributed by atoms with Gasteiger partial charge in [-0.3, -0.25) is 4.68 Å². The summed E-state index contributed by atoms with van der Waals surface area (Å²) >= 11 is 0. The van der Waals surface area contributed by atoms with Crippen molar-refractivity contribution in [2.45, 2.75) is 6.54 Å². The third-order valence-electron chi connectivity index (χ3n) is 2.50. The Balaban J connectivity index is 1.79. The predicted molar refractivity (Wildman–Crippen MR) is 62.3 cm³/mol. The number of fused-ring (bicyclic) bond motifs is 1. The Bertz CT molecular complexity index is 609. The van der Waals surface area contributed by atoms with Gasteiger partial charge in [-0.1, -0.05) is 12.1 Å². The van der Waals surface area contributed by atoms with Gasteiger partial charge < -0.3 is 9.73 Å². The summed E-state index contributed by atoms with van der Waals surface area (Å²) in [7, 11) is 1.84. The molecule has 0 aliphatic heterocycles. The Kier molecular flexibility index (Phi) is 2.25. The first-order valence-electron chi connectivity index (χ1n) is 5.25. The van der Waals surface area contributed by atoms with Crippen LogP contribution in [0.2, 0.25) is 0 Å². The standard InChI is InChI=1S/C11H11N5O/c1-16-10(13-7-14-16)6-12-11-15-8-4-2-3-5-9(8)17-11/h2-5,7H,6H2,1H3,(H,12,15). The number of rotatable bonds is 3. The van der Waals surface area contributed by atoms with E-state index in [1.165, 1.54) is 6.33 Å². The average molecular weight is 229 g/mol. The van der Waals surface area contributed by atoms with Gasteiger partial charge in [-0.05, 0) is 12.1 Å². The molecule has 1 N–H and O–H groups in total. The first-order valence-corrected chi connectivity index (χ1v) is 5.25.